The zero-order valence-corrected chi connectivity index (χ0v) is 18.2. The van der Waals surface area contributed by atoms with Gasteiger partial charge in [0.25, 0.3) is 0 Å². The molecule has 9 heteroatoms. The Kier molecular flexibility index (Phi) is 7.14. The average molecular weight is 500 g/mol. The number of esters is 1. The Hall–Kier alpha value is -2.39. The van der Waals surface area contributed by atoms with E-state index < -0.39 is 17.7 Å². The lowest BCUT2D eigenvalue weighted by molar-refractivity contribution is -0.137. The van der Waals surface area contributed by atoms with Crippen LogP contribution in [0, 0.1) is 0 Å². The molecule has 4 nitrogen and oxygen atoms in total. The number of alkyl halides is 3. The summed E-state index contributed by atoms with van der Waals surface area (Å²) in [5.41, 5.74) is 0.566. The Balaban J connectivity index is 1.86. The first-order valence-electron chi connectivity index (χ1n) is 8.95. The van der Waals surface area contributed by atoms with E-state index in [1.165, 1.54) is 22.8 Å². The average Bonchev–Trinajstić information content (AvgIpc) is 3.16. The van der Waals surface area contributed by atoms with E-state index in [2.05, 4.69) is 20.9 Å². The van der Waals surface area contributed by atoms with Crippen molar-refractivity contribution < 1.29 is 27.4 Å². The van der Waals surface area contributed by atoms with Gasteiger partial charge in [0.15, 0.2) is 5.69 Å². The molecule has 0 unspecified atom stereocenters. The van der Waals surface area contributed by atoms with Gasteiger partial charge in [0.05, 0.1) is 17.2 Å². The first kappa shape index (κ1) is 22.3. The number of halogens is 4. The van der Waals surface area contributed by atoms with Crippen molar-refractivity contribution in [2.24, 2.45) is 0 Å². The highest BCUT2D eigenvalue weighted by Crippen LogP contribution is 2.34. The Bertz CT molecular complexity index is 1040. The molecule has 0 atom stereocenters. The molecule has 0 aliphatic rings. The second-order valence-corrected chi connectivity index (χ2v) is 8.02. The van der Waals surface area contributed by atoms with Gasteiger partial charge in [-0.05, 0) is 31.2 Å². The maximum absolute atomic E-state index is 13.2. The second-order valence-electron chi connectivity index (χ2n) is 6.22. The van der Waals surface area contributed by atoms with Crippen molar-refractivity contribution in [3.63, 3.8) is 0 Å². The molecule has 0 saturated heterocycles. The highest BCUT2D eigenvalue weighted by Gasteiger charge is 2.31. The SMILES string of the molecule is CCOC(=O)c1csc(Cc2cc(C(F)(F)F)ccc2OCc2ccccc2Br)n1. The maximum Gasteiger partial charge on any atom is 0.416 e. The van der Waals surface area contributed by atoms with Crippen LogP contribution in [0.5, 0.6) is 5.75 Å². The monoisotopic (exact) mass is 499 g/mol. The molecule has 1 aromatic heterocycles. The van der Waals surface area contributed by atoms with E-state index in [0.29, 0.717) is 16.3 Å². The molecular weight excluding hydrogens is 483 g/mol. The zero-order valence-electron chi connectivity index (χ0n) is 15.8. The Morgan fingerprint density at radius 2 is 1.93 bits per heavy atom. The van der Waals surface area contributed by atoms with E-state index in [-0.39, 0.29) is 25.3 Å². The highest BCUT2D eigenvalue weighted by molar-refractivity contribution is 9.10. The van der Waals surface area contributed by atoms with Crippen molar-refractivity contribution in [2.45, 2.75) is 26.1 Å². The molecule has 0 N–H and O–H groups in total. The smallest absolute Gasteiger partial charge is 0.416 e. The van der Waals surface area contributed by atoms with Crippen LogP contribution in [0.25, 0.3) is 0 Å². The number of thiazole rings is 1. The van der Waals surface area contributed by atoms with Crippen molar-refractivity contribution in [1.29, 1.82) is 0 Å². The van der Waals surface area contributed by atoms with Crippen LogP contribution in [0.3, 0.4) is 0 Å². The fourth-order valence-corrected chi connectivity index (χ4v) is 3.85. The number of aromatic nitrogens is 1. The summed E-state index contributed by atoms with van der Waals surface area (Å²) < 4.78 is 51.2. The predicted octanol–water partition coefficient (Wildman–Crippen LogP) is 6.27. The summed E-state index contributed by atoms with van der Waals surface area (Å²) >= 11 is 4.61. The molecular formula is C21H17BrF3NO3S. The van der Waals surface area contributed by atoms with Crippen molar-refractivity contribution in [2.75, 3.05) is 6.61 Å². The Morgan fingerprint density at radius 1 is 1.17 bits per heavy atom. The number of hydrogen-bond donors (Lipinski definition) is 0. The fourth-order valence-electron chi connectivity index (χ4n) is 2.66. The van der Waals surface area contributed by atoms with Gasteiger partial charge in [0, 0.05) is 27.4 Å². The summed E-state index contributed by atoms with van der Waals surface area (Å²) in [5, 5.41) is 2.02. The molecule has 0 spiro atoms. The largest absolute Gasteiger partial charge is 0.489 e. The zero-order chi connectivity index (χ0) is 21.7. The molecule has 0 saturated carbocycles. The third-order valence-corrected chi connectivity index (χ3v) is 5.73. The van der Waals surface area contributed by atoms with Crippen LogP contribution in [0.2, 0.25) is 0 Å². The van der Waals surface area contributed by atoms with Gasteiger partial charge in [0.1, 0.15) is 12.4 Å². The van der Waals surface area contributed by atoms with Crippen LogP contribution in [0.15, 0.2) is 52.3 Å². The predicted molar refractivity (Wildman–Crippen MR) is 111 cm³/mol. The number of carbonyl (C=O) groups is 1. The highest BCUT2D eigenvalue weighted by atomic mass is 79.9. The lowest BCUT2D eigenvalue weighted by Gasteiger charge is -2.15. The van der Waals surface area contributed by atoms with Gasteiger partial charge in [-0.25, -0.2) is 9.78 Å². The van der Waals surface area contributed by atoms with E-state index in [4.69, 9.17) is 9.47 Å². The van der Waals surface area contributed by atoms with Crippen molar-refractivity contribution >= 4 is 33.2 Å². The molecule has 3 rings (SSSR count). The van der Waals surface area contributed by atoms with E-state index in [9.17, 15) is 18.0 Å². The minimum atomic E-state index is -4.48. The van der Waals surface area contributed by atoms with Crippen LogP contribution >= 0.6 is 27.3 Å². The molecule has 0 aliphatic heterocycles. The van der Waals surface area contributed by atoms with Crippen molar-refractivity contribution in [1.82, 2.24) is 4.98 Å². The maximum atomic E-state index is 13.2. The molecule has 3 aromatic rings. The van der Waals surface area contributed by atoms with Crippen LogP contribution in [-0.4, -0.2) is 17.6 Å². The van der Waals surface area contributed by atoms with Gasteiger partial charge in [-0.3, -0.25) is 0 Å². The number of benzene rings is 2. The van der Waals surface area contributed by atoms with Crippen LogP contribution in [-0.2, 0) is 23.9 Å². The van der Waals surface area contributed by atoms with E-state index in [1.807, 2.05) is 24.3 Å². The lowest BCUT2D eigenvalue weighted by Crippen LogP contribution is -2.08. The molecule has 0 radical (unpaired) electrons. The Morgan fingerprint density at radius 3 is 2.63 bits per heavy atom. The van der Waals surface area contributed by atoms with Gasteiger partial charge < -0.3 is 9.47 Å². The van der Waals surface area contributed by atoms with Crippen LogP contribution in [0.1, 0.15) is 39.1 Å². The quantitative estimate of drug-likeness (QED) is 0.359. The fraction of sp³-hybridized carbons (Fsp3) is 0.238. The van der Waals surface area contributed by atoms with E-state index in [0.717, 1.165) is 22.2 Å². The van der Waals surface area contributed by atoms with E-state index in [1.54, 1.807) is 6.92 Å². The van der Waals surface area contributed by atoms with Crippen LogP contribution < -0.4 is 4.74 Å². The summed E-state index contributed by atoms with van der Waals surface area (Å²) in [5.74, 6) is -0.235. The standard InChI is InChI=1S/C21H17BrF3NO3S/c1-2-28-20(27)17-12-30-19(26-17)10-14-9-15(21(23,24)25)7-8-18(14)29-11-13-5-3-4-6-16(13)22/h3-9,12H,2,10-11H2,1H3. The number of rotatable bonds is 7. The third kappa shape index (κ3) is 5.60. The molecule has 2 aromatic carbocycles. The lowest BCUT2D eigenvalue weighted by atomic mass is 10.1. The number of hydrogen-bond acceptors (Lipinski definition) is 5. The molecule has 158 valence electrons. The number of nitrogens with zero attached hydrogens (tertiary/aromatic N) is 1. The molecule has 0 fully saturated rings. The summed E-state index contributed by atoms with van der Waals surface area (Å²) in [6.07, 6.45) is -4.38. The number of carbonyl (C=O) groups excluding carboxylic acids is 1. The molecule has 0 bridgehead atoms. The minimum Gasteiger partial charge on any atom is -0.489 e. The van der Waals surface area contributed by atoms with Crippen molar-refractivity contribution in [3.05, 3.63) is 79.7 Å². The van der Waals surface area contributed by atoms with Gasteiger partial charge >= 0.3 is 12.1 Å². The van der Waals surface area contributed by atoms with Gasteiger partial charge in [-0.1, -0.05) is 34.1 Å². The van der Waals surface area contributed by atoms with Gasteiger partial charge in [-0.2, -0.15) is 13.2 Å². The molecule has 0 aliphatic carbocycles. The van der Waals surface area contributed by atoms with Gasteiger partial charge in [0.2, 0.25) is 0 Å². The van der Waals surface area contributed by atoms with Gasteiger partial charge in [-0.15, -0.1) is 11.3 Å². The first-order chi connectivity index (χ1) is 14.3. The van der Waals surface area contributed by atoms with Crippen molar-refractivity contribution in [3.8, 4) is 5.75 Å². The minimum absolute atomic E-state index is 0.0965. The molecule has 1 heterocycles. The van der Waals surface area contributed by atoms with E-state index >= 15 is 0 Å². The first-order valence-corrected chi connectivity index (χ1v) is 10.6. The summed E-state index contributed by atoms with van der Waals surface area (Å²) in [6, 6.07) is 10.8. The topological polar surface area (TPSA) is 48.4 Å². The summed E-state index contributed by atoms with van der Waals surface area (Å²) in [7, 11) is 0. The summed E-state index contributed by atoms with van der Waals surface area (Å²) in [4.78, 5) is 16.0. The molecule has 0 amide bonds. The number of ether oxygens (including phenoxy) is 2. The second kappa shape index (κ2) is 9.61. The normalized spacial score (nSPS) is 11.4. The Labute approximate surface area is 183 Å². The third-order valence-electron chi connectivity index (χ3n) is 4.11. The molecule has 30 heavy (non-hydrogen) atoms. The summed E-state index contributed by atoms with van der Waals surface area (Å²) in [6.45, 7) is 2.08. The van der Waals surface area contributed by atoms with Crippen LogP contribution in [0.4, 0.5) is 13.2 Å².